The number of nitrogens with zero attached hydrogens (tertiary/aromatic N) is 1. The molecule has 0 saturated carbocycles. The second-order valence-electron chi connectivity index (χ2n) is 9.21. The molecule has 1 aromatic rings. The van der Waals surface area contributed by atoms with Gasteiger partial charge in [-0.05, 0) is 25.0 Å². The Morgan fingerprint density at radius 3 is 1.11 bits per heavy atom. The number of hydrogen-bond donors (Lipinski definition) is 0. The first-order valence-electron chi connectivity index (χ1n) is 15.4. The Morgan fingerprint density at radius 1 is 0.455 bits per heavy atom. The first kappa shape index (κ1) is 40.4. The molecule has 0 atom stereocenters. The highest BCUT2D eigenvalue weighted by Gasteiger charge is 2.04. The van der Waals surface area contributed by atoms with E-state index in [1.165, 1.54) is 18.6 Å². The SMILES string of the molecule is O=[N+]([O-])c1ccc(OCCOCCOCCOCCOCCOCCOCCOCCOCCOCCCCCCCl)cc1. The Morgan fingerprint density at radius 2 is 0.773 bits per heavy atom. The summed E-state index contributed by atoms with van der Waals surface area (Å²) in [7, 11) is 0. The number of halogens is 1. The van der Waals surface area contributed by atoms with Crippen LogP contribution < -0.4 is 4.74 Å². The van der Waals surface area contributed by atoms with Crippen molar-refractivity contribution >= 4 is 17.3 Å². The van der Waals surface area contributed by atoms with Crippen molar-refractivity contribution in [3.63, 3.8) is 0 Å². The van der Waals surface area contributed by atoms with Gasteiger partial charge in [0.05, 0.1) is 117 Å². The molecule has 1 rings (SSSR count). The second-order valence-corrected chi connectivity index (χ2v) is 9.59. The predicted molar refractivity (Wildman–Crippen MR) is 165 cm³/mol. The van der Waals surface area contributed by atoms with Crippen LogP contribution in [0.15, 0.2) is 24.3 Å². The molecule has 0 fully saturated rings. The van der Waals surface area contributed by atoms with Crippen LogP contribution in [0, 0.1) is 10.1 Å². The van der Waals surface area contributed by atoms with E-state index in [-0.39, 0.29) is 5.69 Å². The van der Waals surface area contributed by atoms with Crippen LogP contribution in [0.5, 0.6) is 5.75 Å². The number of nitro benzene ring substituents is 1. The van der Waals surface area contributed by atoms with E-state index in [0.29, 0.717) is 125 Å². The van der Waals surface area contributed by atoms with Crippen molar-refractivity contribution in [3.8, 4) is 5.75 Å². The lowest BCUT2D eigenvalue weighted by atomic mass is 10.2. The average molecular weight is 654 g/mol. The van der Waals surface area contributed by atoms with Crippen LogP contribution in [0.3, 0.4) is 0 Å². The fraction of sp³-hybridized carbons (Fsp3) is 0.800. The Bertz CT molecular complexity index is 747. The highest BCUT2D eigenvalue weighted by molar-refractivity contribution is 6.17. The summed E-state index contributed by atoms with van der Waals surface area (Å²) < 4.78 is 54.6. The van der Waals surface area contributed by atoms with Gasteiger partial charge in [-0.1, -0.05) is 12.8 Å². The van der Waals surface area contributed by atoms with E-state index in [1.54, 1.807) is 12.1 Å². The van der Waals surface area contributed by atoms with E-state index in [0.717, 1.165) is 31.7 Å². The topological polar surface area (TPSA) is 135 Å². The standard InChI is InChI=1S/C30H52ClNO12/c31-9-3-1-2-4-10-35-11-12-36-13-14-37-15-16-38-17-18-39-19-20-40-21-22-41-23-24-42-25-26-43-27-28-44-30-7-5-29(6-8-30)32(33)34/h5-8H,1-4,9-28H2. The normalized spacial score (nSPS) is 11.3. The molecule has 0 aliphatic heterocycles. The molecular formula is C30H52ClNO12. The molecule has 0 bridgehead atoms. The van der Waals surface area contributed by atoms with Crippen LogP contribution in [-0.4, -0.2) is 136 Å². The fourth-order valence-corrected chi connectivity index (χ4v) is 3.59. The lowest BCUT2D eigenvalue weighted by molar-refractivity contribution is -0.384. The lowest BCUT2D eigenvalue weighted by Gasteiger charge is -2.09. The summed E-state index contributed by atoms with van der Waals surface area (Å²) in [6.45, 7) is 9.64. The third-order valence-electron chi connectivity index (χ3n) is 5.69. The molecule has 0 N–H and O–H groups in total. The number of ether oxygens (including phenoxy) is 10. The van der Waals surface area contributed by atoms with Gasteiger partial charge in [0.25, 0.3) is 5.69 Å². The monoisotopic (exact) mass is 653 g/mol. The first-order chi connectivity index (χ1) is 21.7. The molecule has 14 heteroatoms. The molecule has 0 spiro atoms. The second kappa shape index (κ2) is 32.7. The number of rotatable bonds is 35. The quantitative estimate of drug-likeness (QED) is 0.0455. The van der Waals surface area contributed by atoms with Crippen LogP contribution >= 0.6 is 11.6 Å². The third kappa shape index (κ3) is 27.9. The molecule has 0 heterocycles. The summed E-state index contributed by atoms with van der Waals surface area (Å²) in [5.41, 5.74) is 0.0274. The average Bonchev–Trinajstić information content (AvgIpc) is 3.03. The van der Waals surface area contributed by atoms with Crippen molar-refractivity contribution in [2.75, 3.05) is 131 Å². The lowest BCUT2D eigenvalue weighted by Crippen LogP contribution is -2.15. The zero-order valence-electron chi connectivity index (χ0n) is 26.0. The van der Waals surface area contributed by atoms with Gasteiger partial charge < -0.3 is 47.4 Å². The maximum atomic E-state index is 10.6. The van der Waals surface area contributed by atoms with Gasteiger partial charge in [-0.2, -0.15) is 0 Å². The minimum Gasteiger partial charge on any atom is -0.491 e. The van der Waals surface area contributed by atoms with Gasteiger partial charge in [-0.3, -0.25) is 10.1 Å². The zero-order chi connectivity index (χ0) is 31.6. The summed E-state index contributed by atoms with van der Waals surface area (Å²) in [6, 6.07) is 5.92. The van der Waals surface area contributed by atoms with Crippen LogP contribution in [0.2, 0.25) is 0 Å². The Kier molecular flexibility index (Phi) is 30.0. The number of hydrogen-bond acceptors (Lipinski definition) is 12. The molecule has 0 unspecified atom stereocenters. The molecule has 0 radical (unpaired) electrons. The number of benzene rings is 1. The Labute approximate surface area is 266 Å². The molecule has 1 aromatic carbocycles. The summed E-state index contributed by atoms with van der Waals surface area (Å²) in [4.78, 5) is 10.2. The molecule has 0 amide bonds. The molecular weight excluding hydrogens is 602 g/mol. The van der Waals surface area contributed by atoms with Gasteiger partial charge in [0.2, 0.25) is 0 Å². The predicted octanol–water partition coefficient (Wildman–Crippen LogP) is 3.92. The van der Waals surface area contributed by atoms with Crippen molar-refractivity contribution in [1.29, 1.82) is 0 Å². The molecule has 0 aliphatic carbocycles. The first-order valence-corrected chi connectivity index (χ1v) is 15.9. The van der Waals surface area contributed by atoms with E-state index in [1.807, 2.05) is 0 Å². The van der Waals surface area contributed by atoms with Gasteiger partial charge in [-0.15, -0.1) is 11.6 Å². The number of unbranched alkanes of at least 4 members (excludes halogenated alkanes) is 3. The Balaban J connectivity index is 1.65. The van der Waals surface area contributed by atoms with Crippen molar-refractivity contribution in [3.05, 3.63) is 34.4 Å². The molecule has 0 aromatic heterocycles. The Hall–Kier alpha value is -1.65. The summed E-state index contributed by atoms with van der Waals surface area (Å²) in [5.74, 6) is 1.30. The third-order valence-corrected chi connectivity index (χ3v) is 5.96. The molecule has 44 heavy (non-hydrogen) atoms. The van der Waals surface area contributed by atoms with Gasteiger partial charge >= 0.3 is 0 Å². The summed E-state index contributed by atoms with van der Waals surface area (Å²) in [5, 5.41) is 10.6. The van der Waals surface area contributed by atoms with E-state index >= 15 is 0 Å². The summed E-state index contributed by atoms with van der Waals surface area (Å²) >= 11 is 5.65. The van der Waals surface area contributed by atoms with Gasteiger partial charge in [0.15, 0.2) is 0 Å². The molecule has 0 saturated heterocycles. The number of nitro groups is 1. The van der Waals surface area contributed by atoms with Crippen LogP contribution in [0.1, 0.15) is 25.7 Å². The molecule has 0 aliphatic rings. The smallest absolute Gasteiger partial charge is 0.269 e. The minimum atomic E-state index is -0.451. The van der Waals surface area contributed by atoms with E-state index in [4.69, 9.17) is 59.0 Å². The maximum absolute atomic E-state index is 10.6. The van der Waals surface area contributed by atoms with Crippen molar-refractivity contribution < 1.29 is 52.3 Å². The van der Waals surface area contributed by atoms with Crippen molar-refractivity contribution in [2.24, 2.45) is 0 Å². The van der Waals surface area contributed by atoms with E-state index < -0.39 is 4.92 Å². The largest absolute Gasteiger partial charge is 0.491 e. The van der Waals surface area contributed by atoms with Gasteiger partial charge in [0, 0.05) is 24.6 Å². The molecule has 13 nitrogen and oxygen atoms in total. The van der Waals surface area contributed by atoms with E-state index in [9.17, 15) is 10.1 Å². The van der Waals surface area contributed by atoms with E-state index in [2.05, 4.69) is 0 Å². The summed E-state index contributed by atoms with van der Waals surface area (Å²) in [6.07, 6.45) is 4.48. The van der Waals surface area contributed by atoms with Crippen LogP contribution in [0.4, 0.5) is 5.69 Å². The highest BCUT2D eigenvalue weighted by atomic mass is 35.5. The minimum absolute atomic E-state index is 0.0274. The van der Waals surface area contributed by atoms with Gasteiger partial charge in [-0.25, -0.2) is 0 Å². The van der Waals surface area contributed by atoms with Crippen molar-refractivity contribution in [1.82, 2.24) is 0 Å². The number of non-ortho nitro benzene ring substituents is 1. The number of alkyl halides is 1. The zero-order valence-corrected chi connectivity index (χ0v) is 26.8. The van der Waals surface area contributed by atoms with Crippen LogP contribution in [0.25, 0.3) is 0 Å². The van der Waals surface area contributed by atoms with Gasteiger partial charge in [0.1, 0.15) is 12.4 Å². The van der Waals surface area contributed by atoms with Crippen LogP contribution in [-0.2, 0) is 42.6 Å². The highest BCUT2D eigenvalue weighted by Crippen LogP contribution is 2.17. The molecule has 256 valence electrons. The van der Waals surface area contributed by atoms with Crippen molar-refractivity contribution in [2.45, 2.75) is 25.7 Å². The fourth-order valence-electron chi connectivity index (χ4n) is 3.40. The maximum Gasteiger partial charge on any atom is 0.269 e.